The average Bonchev–Trinajstić information content (AvgIpc) is 3.19. The summed E-state index contributed by atoms with van der Waals surface area (Å²) in [6, 6.07) is 15.5. The minimum absolute atomic E-state index is 0.200. The Bertz CT molecular complexity index is 1230. The number of carbonyl (C=O) groups excluding carboxylic acids is 2. The number of halogens is 2. The van der Waals surface area contributed by atoms with E-state index in [-0.39, 0.29) is 24.8 Å². The van der Waals surface area contributed by atoms with Crippen molar-refractivity contribution >= 4 is 40.7 Å². The lowest BCUT2D eigenvalue weighted by atomic mass is 9.91. The van der Waals surface area contributed by atoms with E-state index in [9.17, 15) is 19.5 Å². The summed E-state index contributed by atoms with van der Waals surface area (Å²) >= 11 is 7.37. The Morgan fingerprint density at radius 2 is 1.77 bits per heavy atom. The number of amides is 2. The van der Waals surface area contributed by atoms with Crippen LogP contribution in [-0.2, 0) is 16.0 Å². The number of nitrogens with two attached hydrogens (primary N) is 1. The van der Waals surface area contributed by atoms with Crippen LogP contribution >= 0.6 is 22.9 Å². The van der Waals surface area contributed by atoms with E-state index < -0.39 is 35.2 Å². The lowest BCUT2D eigenvalue weighted by Gasteiger charge is -2.42. The summed E-state index contributed by atoms with van der Waals surface area (Å²) in [6.45, 7) is 3.41. The SMILES string of the molecule is CC(C)(Cc1ccc(Cl)s1)N(C(=O)c1ccc(-c2ccccc2)cc1F)[C@@H](CCC(N)=O)C(=O)O. The highest BCUT2D eigenvalue weighted by Crippen LogP contribution is 2.32. The van der Waals surface area contributed by atoms with Crippen molar-refractivity contribution in [2.75, 3.05) is 0 Å². The number of nitrogens with zero attached hydrogens (tertiary/aromatic N) is 1. The van der Waals surface area contributed by atoms with Gasteiger partial charge in [-0.25, -0.2) is 9.18 Å². The molecule has 0 saturated carbocycles. The minimum atomic E-state index is -1.39. The molecule has 3 aromatic rings. The molecule has 184 valence electrons. The smallest absolute Gasteiger partial charge is 0.326 e. The second-order valence-electron chi connectivity index (χ2n) is 8.79. The summed E-state index contributed by atoms with van der Waals surface area (Å²) in [5.41, 5.74) is 5.30. The maximum atomic E-state index is 15.3. The van der Waals surface area contributed by atoms with Crippen molar-refractivity contribution in [1.82, 2.24) is 4.90 Å². The monoisotopic (exact) mass is 516 g/mol. The first-order valence-electron chi connectivity index (χ1n) is 10.9. The fourth-order valence-corrected chi connectivity index (χ4v) is 5.38. The predicted molar refractivity (Wildman–Crippen MR) is 135 cm³/mol. The molecular formula is C26H26ClFN2O4S. The highest BCUT2D eigenvalue weighted by molar-refractivity contribution is 7.16. The lowest BCUT2D eigenvalue weighted by Crippen LogP contribution is -2.57. The van der Waals surface area contributed by atoms with Crippen molar-refractivity contribution in [3.05, 3.63) is 81.3 Å². The van der Waals surface area contributed by atoms with Gasteiger partial charge in [0.25, 0.3) is 5.91 Å². The molecule has 0 aliphatic heterocycles. The van der Waals surface area contributed by atoms with E-state index in [0.717, 1.165) is 15.3 Å². The Morgan fingerprint density at radius 3 is 2.31 bits per heavy atom. The zero-order valence-corrected chi connectivity index (χ0v) is 20.9. The third-order valence-corrected chi connectivity index (χ3v) is 6.91. The van der Waals surface area contributed by atoms with Gasteiger partial charge in [-0.3, -0.25) is 9.59 Å². The van der Waals surface area contributed by atoms with Gasteiger partial charge in [-0.1, -0.05) is 48.0 Å². The van der Waals surface area contributed by atoms with E-state index in [1.54, 1.807) is 32.0 Å². The number of primary amides is 1. The van der Waals surface area contributed by atoms with Crippen molar-refractivity contribution in [3.63, 3.8) is 0 Å². The topological polar surface area (TPSA) is 101 Å². The van der Waals surface area contributed by atoms with Crippen LogP contribution < -0.4 is 5.73 Å². The maximum Gasteiger partial charge on any atom is 0.326 e. The van der Waals surface area contributed by atoms with Crippen LogP contribution in [0.4, 0.5) is 4.39 Å². The molecule has 1 atom stereocenters. The van der Waals surface area contributed by atoms with Crippen LogP contribution in [0, 0.1) is 5.82 Å². The van der Waals surface area contributed by atoms with Gasteiger partial charge in [0.2, 0.25) is 5.91 Å². The van der Waals surface area contributed by atoms with Gasteiger partial charge in [0, 0.05) is 23.3 Å². The first kappa shape index (κ1) is 26.4. The summed E-state index contributed by atoms with van der Waals surface area (Å²) in [5.74, 6) is -3.55. The van der Waals surface area contributed by atoms with Crippen molar-refractivity contribution in [3.8, 4) is 11.1 Å². The number of hydrogen-bond donors (Lipinski definition) is 2. The Hall–Kier alpha value is -3.23. The van der Waals surface area contributed by atoms with Gasteiger partial charge in [-0.15, -0.1) is 11.3 Å². The van der Waals surface area contributed by atoms with Crippen LogP contribution in [0.3, 0.4) is 0 Å². The predicted octanol–water partition coefficient (Wildman–Crippen LogP) is 5.39. The number of carbonyl (C=O) groups is 3. The van der Waals surface area contributed by atoms with E-state index in [1.165, 1.54) is 23.5 Å². The summed E-state index contributed by atoms with van der Waals surface area (Å²) in [6.07, 6.45) is -0.161. The van der Waals surface area contributed by atoms with Gasteiger partial charge in [0.15, 0.2) is 0 Å². The molecule has 2 amide bonds. The van der Waals surface area contributed by atoms with Crippen molar-refractivity contribution in [1.29, 1.82) is 0 Å². The maximum absolute atomic E-state index is 15.3. The molecule has 1 aromatic heterocycles. The molecule has 35 heavy (non-hydrogen) atoms. The standard InChI is InChI=1S/C26H26ClFN2O4S/c1-26(2,15-18-9-12-22(27)35-18)30(21(25(33)34)11-13-23(29)31)24(32)19-10-8-17(14-20(19)28)16-6-4-3-5-7-16/h3-10,12,14,21H,11,13,15H2,1-2H3,(H2,29,31)(H,33,34)/t21-/m0/s1. The van der Waals surface area contributed by atoms with E-state index in [1.807, 2.05) is 30.3 Å². The average molecular weight is 517 g/mol. The fourth-order valence-electron chi connectivity index (χ4n) is 4.07. The van der Waals surface area contributed by atoms with E-state index in [4.69, 9.17) is 17.3 Å². The Morgan fingerprint density at radius 1 is 1.09 bits per heavy atom. The van der Waals surface area contributed by atoms with E-state index in [0.29, 0.717) is 9.90 Å². The molecule has 0 saturated heterocycles. The van der Waals surface area contributed by atoms with Crippen LogP contribution in [0.15, 0.2) is 60.7 Å². The quantitative estimate of drug-likeness (QED) is 0.377. The molecule has 0 aliphatic rings. The Kier molecular flexibility index (Phi) is 8.30. The number of thiophene rings is 1. The zero-order chi connectivity index (χ0) is 25.8. The van der Waals surface area contributed by atoms with Gasteiger partial charge in [0.05, 0.1) is 9.90 Å². The first-order chi connectivity index (χ1) is 16.5. The highest BCUT2D eigenvalue weighted by Gasteiger charge is 2.41. The number of rotatable bonds is 10. The van der Waals surface area contributed by atoms with Crippen LogP contribution in [-0.4, -0.2) is 39.4 Å². The van der Waals surface area contributed by atoms with Gasteiger partial charge >= 0.3 is 5.97 Å². The number of aliphatic carboxylic acids is 1. The third-order valence-electron chi connectivity index (χ3n) is 5.67. The van der Waals surface area contributed by atoms with Crippen LogP contribution in [0.25, 0.3) is 11.1 Å². The molecule has 0 fully saturated rings. The molecule has 3 N–H and O–H groups in total. The minimum Gasteiger partial charge on any atom is -0.480 e. The van der Waals surface area contributed by atoms with Crippen LogP contribution in [0.1, 0.15) is 41.9 Å². The van der Waals surface area contributed by atoms with Crippen LogP contribution in [0.5, 0.6) is 0 Å². The molecule has 2 aromatic carbocycles. The van der Waals surface area contributed by atoms with E-state index >= 15 is 4.39 Å². The molecule has 0 bridgehead atoms. The molecule has 6 nitrogen and oxygen atoms in total. The molecule has 3 rings (SSSR count). The summed E-state index contributed by atoms with van der Waals surface area (Å²) in [7, 11) is 0. The number of hydrogen-bond acceptors (Lipinski definition) is 4. The number of carboxylic acids is 1. The van der Waals surface area contributed by atoms with Gasteiger partial charge in [-0.05, 0) is 55.7 Å². The Balaban J connectivity index is 2.03. The first-order valence-corrected chi connectivity index (χ1v) is 12.1. The Labute approximate surface area is 212 Å². The normalized spacial score (nSPS) is 12.2. The summed E-state index contributed by atoms with van der Waals surface area (Å²) < 4.78 is 15.8. The second-order valence-corrected chi connectivity index (χ2v) is 10.6. The largest absolute Gasteiger partial charge is 0.480 e. The molecule has 0 spiro atoms. The fraction of sp³-hybridized carbons (Fsp3) is 0.269. The molecule has 0 unspecified atom stereocenters. The second kappa shape index (κ2) is 11.0. The van der Waals surface area contributed by atoms with Crippen LogP contribution in [0.2, 0.25) is 4.34 Å². The van der Waals surface area contributed by atoms with Crippen molar-refractivity contribution in [2.24, 2.45) is 5.73 Å². The summed E-state index contributed by atoms with van der Waals surface area (Å²) in [5, 5.41) is 9.99. The van der Waals surface area contributed by atoms with Crippen molar-refractivity contribution in [2.45, 2.75) is 44.7 Å². The number of carboxylic acid groups (broad SMARTS) is 1. The van der Waals surface area contributed by atoms with Gasteiger partial charge < -0.3 is 15.7 Å². The van der Waals surface area contributed by atoms with Gasteiger partial charge in [0.1, 0.15) is 11.9 Å². The molecular weight excluding hydrogens is 491 g/mol. The molecule has 0 aliphatic carbocycles. The van der Waals surface area contributed by atoms with Crippen molar-refractivity contribution < 1.29 is 23.9 Å². The molecule has 9 heteroatoms. The lowest BCUT2D eigenvalue weighted by molar-refractivity contribution is -0.144. The van der Waals surface area contributed by atoms with Gasteiger partial charge in [-0.2, -0.15) is 0 Å². The molecule has 1 heterocycles. The number of benzene rings is 2. The highest BCUT2D eigenvalue weighted by atomic mass is 35.5. The molecule has 0 radical (unpaired) electrons. The zero-order valence-electron chi connectivity index (χ0n) is 19.3. The third kappa shape index (κ3) is 6.46. The summed E-state index contributed by atoms with van der Waals surface area (Å²) in [4.78, 5) is 39.4. The van der Waals surface area contributed by atoms with E-state index in [2.05, 4.69) is 0 Å².